The summed E-state index contributed by atoms with van der Waals surface area (Å²) in [6, 6.07) is 3.50. The van der Waals surface area contributed by atoms with Crippen LogP contribution in [-0.2, 0) is 9.53 Å². The molecule has 8 heteroatoms. The van der Waals surface area contributed by atoms with E-state index in [0.717, 1.165) is 18.6 Å². The van der Waals surface area contributed by atoms with E-state index >= 15 is 0 Å². The smallest absolute Gasteiger partial charge is 0.345 e. The van der Waals surface area contributed by atoms with Crippen molar-refractivity contribution in [2.75, 3.05) is 6.61 Å². The Balaban J connectivity index is 2.74. The van der Waals surface area contributed by atoms with Gasteiger partial charge in [-0.3, -0.25) is 14.9 Å². The number of nitro groups is 1. The minimum Gasteiger partial charge on any atom is -0.452 e. The molecule has 0 aromatic heterocycles. The molecule has 0 saturated heterocycles. The van der Waals surface area contributed by atoms with E-state index in [-0.39, 0.29) is 16.6 Å². The Kier molecular flexibility index (Phi) is 6.10. The first-order valence-electron chi connectivity index (χ1n) is 6.25. The molecular weight excluding hydrogens is 300 g/mol. The molecule has 7 nitrogen and oxygen atoms in total. The van der Waals surface area contributed by atoms with Gasteiger partial charge in [-0.2, -0.15) is 0 Å². The van der Waals surface area contributed by atoms with E-state index in [2.05, 4.69) is 5.32 Å². The van der Waals surface area contributed by atoms with Crippen LogP contribution in [0.2, 0.25) is 5.02 Å². The van der Waals surface area contributed by atoms with Gasteiger partial charge in [0, 0.05) is 17.1 Å². The van der Waals surface area contributed by atoms with Gasteiger partial charge < -0.3 is 10.1 Å². The lowest BCUT2D eigenvalue weighted by molar-refractivity contribution is -0.385. The van der Waals surface area contributed by atoms with Crippen LogP contribution >= 0.6 is 11.6 Å². The number of carbonyl (C=O) groups is 2. The normalized spacial score (nSPS) is 11.6. The maximum Gasteiger partial charge on any atom is 0.345 e. The zero-order valence-electron chi connectivity index (χ0n) is 11.6. The van der Waals surface area contributed by atoms with Crippen LogP contribution in [0.3, 0.4) is 0 Å². The topological polar surface area (TPSA) is 98.5 Å². The SMILES string of the molecule is CC[C@H](C)NC(=O)COC(=O)c1cc(Cl)ccc1[N+](=O)[O-]. The molecule has 0 aliphatic heterocycles. The van der Waals surface area contributed by atoms with Crippen LogP contribution in [0.25, 0.3) is 0 Å². The van der Waals surface area contributed by atoms with E-state index < -0.39 is 29.1 Å². The second kappa shape index (κ2) is 7.58. The summed E-state index contributed by atoms with van der Waals surface area (Å²) in [4.78, 5) is 33.4. The van der Waals surface area contributed by atoms with Gasteiger partial charge in [-0.1, -0.05) is 18.5 Å². The Labute approximate surface area is 126 Å². The van der Waals surface area contributed by atoms with Crippen molar-refractivity contribution in [3.63, 3.8) is 0 Å². The third kappa shape index (κ3) is 5.03. The number of hydrogen-bond acceptors (Lipinski definition) is 5. The average molecular weight is 315 g/mol. The fourth-order valence-corrected chi connectivity index (χ4v) is 1.63. The quantitative estimate of drug-likeness (QED) is 0.493. The third-order valence-corrected chi connectivity index (χ3v) is 2.96. The molecule has 0 bridgehead atoms. The van der Waals surface area contributed by atoms with E-state index in [4.69, 9.17) is 16.3 Å². The fraction of sp³-hybridized carbons (Fsp3) is 0.385. The van der Waals surface area contributed by atoms with Crippen molar-refractivity contribution >= 4 is 29.2 Å². The van der Waals surface area contributed by atoms with Crippen molar-refractivity contribution in [2.24, 2.45) is 0 Å². The van der Waals surface area contributed by atoms with Crippen molar-refractivity contribution in [2.45, 2.75) is 26.3 Å². The van der Waals surface area contributed by atoms with Crippen LogP contribution < -0.4 is 5.32 Å². The lowest BCUT2D eigenvalue weighted by Crippen LogP contribution is -2.35. The fourth-order valence-electron chi connectivity index (χ4n) is 1.46. The van der Waals surface area contributed by atoms with Crippen molar-refractivity contribution < 1.29 is 19.2 Å². The number of ether oxygens (including phenoxy) is 1. The molecule has 0 saturated carbocycles. The highest BCUT2D eigenvalue weighted by molar-refractivity contribution is 6.31. The summed E-state index contributed by atoms with van der Waals surface area (Å²) in [6.45, 7) is 3.20. The van der Waals surface area contributed by atoms with Gasteiger partial charge in [0.05, 0.1) is 4.92 Å². The van der Waals surface area contributed by atoms with Gasteiger partial charge in [-0.25, -0.2) is 4.79 Å². The number of halogens is 1. The number of rotatable bonds is 6. The highest BCUT2D eigenvalue weighted by Crippen LogP contribution is 2.23. The monoisotopic (exact) mass is 314 g/mol. The molecule has 1 amide bonds. The number of carbonyl (C=O) groups excluding carboxylic acids is 2. The number of amides is 1. The van der Waals surface area contributed by atoms with Gasteiger partial charge in [-0.05, 0) is 25.5 Å². The van der Waals surface area contributed by atoms with Crippen LogP contribution in [0.5, 0.6) is 0 Å². The van der Waals surface area contributed by atoms with Gasteiger partial charge >= 0.3 is 5.97 Å². The minimum atomic E-state index is -0.969. The van der Waals surface area contributed by atoms with Gasteiger partial charge in [0.25, 0.3) is 11.6 Å². The van der Waals surface area contributed by atoms with Crippen molar-refractivity contribution in [3.05, 3.63) is 38.9 Å². The Bertz CT molecular complexity index is 561. The molecule has 0 spiro atoms. The molecule has 0 heterocycles. The van der Waals surface area contributed by atoms with Gasteiger partial charge in [-0.15, -0.1) is 0 Å². The van der Waals surface area contributed by atoms with Gasteiger partial charge in [0.2, 0.25) is 0 Å². The first-order valence-corrected chi connectivity index (χ1v) is 6.63. The minimum absolute atomic E-state index is 0.0447. The zero-order chi connectivity index (χ0) is 16.0. The summed E-state index contributed by atoms with van der Waals surface area (Å²) in [6.07, 6.45) is 0.736. The predicted octanol–water partition coefficient (Wildman–Crippen LogP) is 2.32. The van der Waals surface area contributed by atoms with E-state index in [0.29, 0.717) is 0 Å². The van der Waals surface area contributed by atoms with E-state index in [1.165, 1.54) is 6.07 Å². The van der Waals surface area contributed by atoms with Crippen LogP contribution in [-0.4, -0.2) is 29.4 Å². The first-order chi connectivity index (χ1) is 9.85. The maximum absolute atomic E-state index is 11.8. The maximum atomic E-state index is 11.8. The number of nitrogens with zero attached hydrogens (tertiary/aromatic N) is 1. The molecule has 0 unspecified atom stereocenters. The van der Waals surface area contributed by atoms with E-state index in [1.54, 1.807) is 0 Å². The number of nitro benzene ring substituents is 1. The highest BCUT2D eigenvalue weighted by atomic mass is 35.5. The molecule has 1 N–H and O–H groups in total. The Morgan fingerprint density at radius 2 is 2.14 bits per heavy atom. The first kappa shape index (κ1) is 16.9. The lowest BCUT2D eigenvalue weighted by Gasteiger charge is -2.11. The molecule has 0 radical (unpaired) electrons. The van der Waals surface area contributed by atoms with Crippen LogP contribution in [0.4, 0.5) is 5.69 Å². The molecule has 0 aliphatic rings. The molecular formula is C13H15ClN2O5. The highest BCUT2D eigenvalue weighted by Gasteiger charge is 2.22. The Morgan fingerprint density at radius 3 is 2.71 bits per heavy atom. The average Bonchev–Trinajstić information content (AvgIpc) is 2.44. The number of hydrogen-bond donors (Lipinski definition) is 1. The summed E-state index contributed by atoms with van der Waals surface area (Å²) in [5.74, 6) is -1.44. The van der Waals surface area contributed by atoms with E-state index in [1.807, 2.05) is 13.8 Å². The summed E-state index contributed by atoms with van der Waals surface area (Å²) in [5, 5.41) is 13.6. The summed E-state index contributed by atoms with van der Waals surface area (Å²) in [7, 11) is 0. The van der Waals surface area contributed by atoms with Crippen LogP contribution in [0.1, 0.15) is 30.6 Å². The summed E-state index contributed by atoms with van der Waals surface area (Å²) in [5.41, 5.74) is -0.712. The third-order valence-electron chi connectivity index (χ3n) is 2.73. The molecule has 21 heavy (non-hydrogen) atoms. The number of nitrogens with one attached hydrogen (secondary N) is 1. The predicted molar refractivity (Wildman–Crippen MR) is 76.3 cm³/mol. The summed E-state index contributed by atoms with van der Waals surface area (Å²) >= 11 is 5.71. The van der Waals surface area contributed by atoms with Crippen LogP contribution in [0.15, 0.2) is 18.2 Å². The number of esters is 1. The molecule has 1 rings (SSSR count). The van der Waals surface area contributed by atoms with Crippen LogP contribution in [0, 0.1) is 10.1 Å². The molecule has 1 atom stereocenters. The Morgan fingerprint density at radius 1 is 1.48 bits per heavy atom. The van der Waals surface area contributed by atoms with Crippen molar-refractivity contribution in [1.29, 1.82) is 0 Å². The van der Waals surface area contributed by atoms with Gasteiger partial charge in [0.15, 0.2) is 6.61 Å². The second-order valence-corrected chi connectivity index (χ2v) is 4.81. The molecule has 0 fully saturated rings. The zero-order valence-corrected chi connectivity index (χ0v) is 12.3. The largest absolute Gasteiger partial charge is 0.452 e. The van der Waals surface area contributed by atoms with E-state index in [9.17, 15) is 19.7 Å². The summed E-state index contributed by atoms with van der Waals surface area (Å²) < 4.78 is 4.77. The van der Waals surface area contributed by atoms with Crippen molar-refractivity contribution in [1.82, 2.24) is 5.32 Å². The number of benzene rings is 1. The standard InChI is InChI=1S/C13H15ClN2O5/c1-3-8(2)15-12(17)7-21-13(18)10-6-9(14)4-5-11(10)16(19)20/h4-6,8H,3,7H2,1-2H3,(H,15,17)/t8-/m0/s1. The molecule has 114 valence electrons. The molecule has 1 aromatic carbocycles. The van der Waals surface area contributed by atoms with Crippen molar-refractivity contribution in [3.8, 4) is 0 Å². The van der Waals surface area contributed by atoms with Gasteiger partial charge in [0.1, 0.15) is 5.56 Å². The Hall–Kier alpha value is -2.15. The molecule has 0 aliphatic carbocycles. The molecule has 1 aromatic rings. The second-order valence-electron chi connectivity index (χ2n) is 4.37. The lowest BCUT2D eigenvalue weighted by atomic mass is 10.2.